The molecular formula is C12H20N2O4S. The lowest BCUT2D eigenvalue weighted by Crippen LogP contribution is -2.29. The Morgan fingerprint density at radius 2 is 2.00 bits per heavy atom. The van der Waals surface area contributed by atoms with Crippen molar-refractivity contribution in [1.82, 2.24) is 5.43 Å². The van der Waals surface area contributed by atoms with Crippen LogP contribution in [0.1, 0.15) is 20.1 Å². The minimum atomic E-state index is -0.276. The number of carbonyl (C=O) groups is 1. The molecule has 0 unspecified atom stereocenters. The van der Waals surface area contributed by atoms with E-state index in [1.54, 1.807) is 13.2 Å². The Morgan fingerprint density at radius 1 is 1.32 bits per heavy atom. The first-order valence-electron chi connectivity index (χ1n) is 5.93. The van der Waals surface area contributed by atoms with Crippen LogP contribution in [0.25, 0.3) is 0 Å². The molecule has 1 aromatic rings. The summed E-state index contributed by atoms with van der Waals surface area (Å²) in [6, 6.07) is 1.80. The van der Waals surface area contributed by atoms with E-state index in [4.69, 9.17) is 20.1 Å². The number of thiophene rings is 1. The third kappa shape index (κ3) is 5.66. The predicted octanol–water partition coefficient (Wildman–Crippen LogP) is 0.840. The summed E-state index contributed by atoms with van der Waals surface area (Å²) in [4.78, 5) is 13.0. The van der Waals surface area contributed by atoms with Crippen LogP contribution in [-0.2, 0) is 20.8 Å². The minimum absolute atomic E-state index is 0.276. The first-order chi connectivity index (χ1) is 9.19. The van der Waals surface area contributed by atoms with Crippen molar-refractivity contribution in [2.24, 2.45) is 5.84 Å². The van der Waals surface area contributed by atoms with Gasteiger partial charge in [0, 0.05) is 12.0 Å². The Balaban J connectivity index is 2.26. The normalized spacial score (nSPS) is 10.7. The molecule has 0 fully saturated rings. The number of rotatable bonds is 9. The number of aryl methyl sites for hydroxylation is 1. The van der Waals surface area contributed by atoms with Gasteiger partial charge >= 0.3 is 0 Å². The zero-order valence-electron chi connectivity index (χ0n) is 11.2. The fourth-order valence-corrected chi connectivity index (χ4v) is 2.32. The van der Waals surface area contributed by atoms with Gasteiger partial charge in [-0.3, -0.25) is 10.2 Å². The van der Waals surface area contributed by atoms with Crippen molar-refractivity contribution in [2.75, 3.05) is 33.5 Å². The quantitative estimate of drug-likeness (QED) is 0.304. The molecule has 108 valence electrons. The van der Waals surface area contributed by atoms with Crippen LogP contribution in [-0.4, -0.2) is 39.4 Å². The van der Waals surface area contributed by atoms with Crippen molar-refractivity contribution < 1.29 is 19.0 Å². The van der Waals surface area contributed by atoms with Crippen molar-refractivity contribution in [3.05, 3.63) is 21.4 Å². The molecule has 19 heavy (non-hydrogen) atoms. The van der Waals surface area contributed by atoms with Gasteiger partial charge in [-0.15, -0.1) is 11.3 Å². The van der Waals surface area contributed by atoms with E-state index in [1.165, 1.54) is 11.3 Å². The Bertz CT molecular complexity index is 395. The highest BCUT2D eigenvalue weighted by Gasteiger charge is 2.11. The number of hydrogen-bond acceptors (Lipinski definition) is 6. The Hall–Kier alpha value is -0.990. The van der Waals surface area contributed by atoms with Gasteiger partial charge in [0.2, 0.25) is 0 Å². The molecule has 1 rings (SSSR count). The Kier molecular flexibility index (Phi) is 7.61. The maximum Gasteiger partial charge on any atom is 0.275 e. The molecule has 0 saturated carbocycles. The maximum atomic E-state index is 11.4. The monoisotopic (exact) mass is 288 g/mol. The molecule has 6 nitrogen and oxygen atoms in total. The molecule has 1 heterocycles. The lowest BCUT2D eigenvalue weighted by atomic mass is 10.2. The van der Waals surface area contributed by atoms with Crippen LogP contribution in [0, 0.1) is 6.92 Å². The summed E-state index contributed by atoms with van der Waals surface area (Å²) in [5, 5.41) is 0. The van der Waals surface area contributed by atoms with Crippen LogP contribution in [0.2, 0.25) is 0 Å². The number of nitrogens with two attached hydrogens (primary N) is 1. The number of nitrogen functional groups attached to an aromatic ring is 1. The van der Waals surface area contributed by atoms with E-state index in [2.05, 4.69) is 5.43 Å². The van der Waals surface area contributed by atoms with Gasteiger partial charge < -0.3 is 14.2 Å². The molecule has 3 N–H and O–H groups in total. The largest absolute Gasteiger partial charge is 0.382 e. The summed E-state index contributed by atoms with van der Waals surface area (Å²) in [6.07, 6.45) is 0. The smallest absolute Gasteiger partial charge is 0.275 e. The maximum absolute atomic E-state index is 11.4. The Labute approximate surface area is 116 Å². The number of carbonyl (C=O) groups excluding carboxylic acids is 1. The fraction of sp³-hybridized carbons (Fsp3) is 0.583. The molecule has 1 amide bonds. The highest BCUT2D eigenvalue weighted by atomic mass is 32.1. The van der Waals surface area contributed by atoms with Gasteiger partial charge in [-0.2, -0.15) is 0 Å². The second kappa shape index (κ2) is 9.00. The zero-order valence-corrected chi connectivity index (χ0v) is 12.0. The molecule has 0 aromatic carbocycles. The number of nitrogens with one attached hydrogen (secondary N) is 1. The molecule has 0 aliphatic rings. The SMILES string of the molecule is COCCOCCOCc1cc(C(=O)NN)sc1C. The van der Waals surface area contributed by atoms with Gasteiger partial charge in [0.05, 0.1) is 37.9 Å². The molecule has 7 heteroatoms. The van der Waals surface area contributed by atoms with Gasteiger partial charge in [-0.25, -0.2) is 5.84 Å². The van der Waals surface area contributed by atoms with Crippen molar-refractivity contribution in [2.45, 2.75) is 13.5 Å². The Morgan fingerprint density at radius 3 is 2.68 bits per heavy atom. The first kappa shape index (κ1) is 16.1. The lowest BCUT2D eigenvalue weighted by molar-refractivity contribution is 0.0199. The van der Waals surface area contributed by atoms with Crippen LogP contribution < -0.4 is 11.3 Å². The van der Waals surface area contributed by atoms with E-state index in [-0.39, 0.29) is 5.91 Å². The summed E-state index contributed by atoms with van der Waals surface area (Å²) in [5.41, 5.74) is 3.12. The van der Waals surface area contributed by atoms with Gasteiger partial charge in [0.25, 0.3) is 5.91 Å². The lowest BCUT2D eigenvalue weighted by Gasteiger charge is -2.05. The van der Waals surface area contributed by atoms with Crippen molar-refractivity contribution >= 4 is 17.2 Å². The fourth-order valence-electron chi connectivity index (χ4n) is 1.39. The molecule has 1 aromatic heterocycles. The van der Waals surface area contributed by atoms with E-state index < -0.39 is 0 Å². The predicted molar refractivity (Wildman–Crippen MR) is 73.1 cm³/mol. The standard InChI is InChI=1S/C12H20N2O4S/c1-9-10(7-11(19-9)12(15)14-13)8-18-6-5-17-4-3-16-2/h7H,3-6,8,13H2,1-2H3,(H,14,15). The average Bonchev–Trinajstić information content (AvgIpc) is 2.78. The summed E-state index contributed by atoms with van der Waals surface area (Å²) in [5.74, 6) is 4.82. The number of amides is 1. The molecule has 0 radical (unpaired) electrons. The number of hydrazine groups is 1. The highest BCUT2D eigenvalue weighted by Crippen LogP contribution is 2.22. The topological polar surface area (TPSA) is 82.8 Å². The minimum Gasteiger partial charge on any atom is -0.382 e. The van der Waals surface area contributed by atoms with Crippen LogP contribution in [0.5, 0.6) is 0 Å². The molecule has 0 atom stereocenters. The van der Waals surface area contributed by atoms with Gasteiger partial charge in [-0.1, -0.05) is 0 Å². The third-order valence-electron chi connectivity index (χ3n) is 2.44. The van der Waals surface area contributed by atoms with Crippen molar-refractivity contribution in [1.29, 1.82) is 0 Å². The van der Waals surface area contributed by atoms with Crippen LogP contribution in [0.15, 0.2) is 6.07 Å². The van der Waals surface area contributed by atoms with Crippen molar-refractivity contribution in [3.63, 3.8) is 0 Å². The van der Waals surface area contributed by atoms with E-state index in [1.807, 2.05) is 6.92 Å². The van der Waals surface area contributed by atoms with Gasteiger partial charge in [0.15, 0.2) is 0 Å². The van der Waals surface area contributed by atoms with Crippen LogP contribution in [0.4, 0.5) is 0 Å². The summed E-state index contributed by atoms with van der Waals surface area (Å²) >= 11 is 1.40. The summed E-state index contributed by atoms with van der Waals surface area (Å²) in [6.45, 7) is 4.61. The second-order valence-electron chi connectivity index (χ2n) is 3.82. The van der Waals surface area contributed by atoms with Crippen LogP contribution >= 0.6 is 11.3 Å². The highest BCUT2D eigenvalue weighted by molar-refractivity contribution is 7.14. The number of ether oxygens (including phenoxy) is 3. The van der Waals surface area contributed by atoms with E-state index in [0.717, 1.165) is 10.4 Å². The summed E-state index contributed by atoms with van der Waals surface area (Å²) in [7, 11) is 1.63. The van der Waals surface area contributed by atoms with Crippen LogP contribution in [0.3, 0.4) is 0 Å². The number of hydrogen-bond donors (Lipinski definition) is 2. The molecule has 0 spiro atoms. The molecule has 0 aliphatic heterocycles. The molecular weight excluding hydrogens is 268 g/mol. The van der Waals surface area contributed by atoms with Gasteiger partial charge in [-0.05, 0) is 18.6 Å². The summed E-state index contributed by atoms with van der Waals surface area (Å²) < 4.78 is 15.6. The first-order valence-corrected chi connectivity index (χ1v) is 6.75. The van der Waals surface area contributed by atoms with Gasteiger partial charge in [0.1, 0.15) is 0 Å². The van der Waals surface area contributed by atoms with E-state index >= 15 is 0 Å². The number of methoxy groups -OCH3 is 1. The van der Waals surface area contributed by atoms with E-state index in [9.17, 15) is 4.79 Å². The van der Waals surface area contributed by atoms with E-state index in [0.29, 0.717) is 37.9 Å². The third-order valence-corrected chi connectivity index (χ3v) is 3.53. The molecule has 0 saturated heterocycles. The molecule has 0 aliphatic carbocycles. The average molecular weight is 288 g/mol. The molecule has 0 bridgehead atoms. The second-order valence-corrected chi connectivity index (χ2v) is 5.08. The van der Waals surface area contributed by atoms with Crippen molar-refractivity contribution in [3.8, 4) is 0 Å². The zero-order chi connectivity index (χ0) is 14.1.